The number of hydrogen-bond donors (Lipinski definition) is 0. The zero-order valence-corrected chi connectivity index (χ0v) is 17.6. The number of hydrogen-bond acceptors (Lipinski definition) is 0. The van der Waals surface area contributed by atoms with E-state index < -0.39 is 0 Å². The van der Waals surface area contributed by atoms with Gasteiger partial charge in [0.15, 0.2) is 0 Å². The van der Waals surface area contributed by atoms with Crippen molar-refractivity contribution in [2.24, 2.45) is 28.6 Å². The van der Waals surface area contributed by atoms with Gasteiger partial charge in [0.2, 0.25) is 0 Å². The van der Waals surface area contributed by atoms with Crippen molar-refractivity contribution in [2.75, 3.05) is 0 Å². The van der Waals surface area contributed by atoms with Crippen molar-refractivity contribution in [3.05, 3.63) is 0 Å². The molecule has 0 N–H and O–H groups in total. The SMILES string of the molecule is CCCC1CCCC1C(C)(CCC)CC(C)(CCC)CCC1CC1. The summed E-state index contributed by atoms with van der Waals surface area (Å²) >= 11 is 0. The highest BCUT2D eigenvalue weighted by atomic mass is 14.5. The molecule has 0 spiro atoms. The molecule has 0 saturated heterocycles. The zero-order valence-electron chi connectivity index (χ0n) is 17.6. The van der Waals surface area contributed by atoms with Gasteiger partial charge in [0, 0.05) is 0 Å². The van der Waals surface area contributed by atoms with Gasteiger partial charge in [-0.3, -0.25) is 0 Å². The maximum atomic E-state index is 2.69. The molecule has 2 aliphatic carbocycles. The van der Waals surface area contributed by atoms with Crippen molar-refractivity contribution in [3.8, 4) is 0 Å². The molecule has 0 aromatic carbocycles. The fraction of sp³-hybridized carbons (Fsp3) is 1.00. The monoisotopic (exact) mass is 334 g/mol. The molecule has 0 aromatic rings. The summed E-state index contributed by atoms with van der Waals surface area (Å²) in [5.41, 5.74) is 1.19. The topological polar surface area (TPSA) is 0 Å². The minimum Gasteiger partial charge on any atom is -0.0654 e. The summed E-state index contributed by atoms with van der Waals surface area (Å²) in [5.74, 6) is 3.13. The Bertz CT molecular complexity index is 355. The van der Waals surface area contributed by atoms with Crippen molar-refractivity contribution in [1.29, 1.82) is 0 Å². The largest absolute Gasteiger partial charge is 0.0654 e. The molecule has 2 rings (SSSR count). The van der Waals surface area contributed by atoms with E-state index in [1.165, 1.54) is 89.9 Å². The average molecular weight is 335 g/mol. The molecule has 0 aromatic heterocycles. The van der Waals surface area contributed by atoms with Crippen LogP contribution in [0, 0.1) is 28.6 Å². The second-order valence-corrected chi connectivity index (χ2v) is 10.2. The lowest BCUT2D eigenvalue weighted by atomic mass is 9.59. The third-order valence-electron chi connectivity index (χ3n) is 7.57. The lowest BCUT2D eigenvalue weighted by Gasteiger charge is -2.46. The van der Waals surface area contributed by atoms with Gasteiger partial charge < -0.3 is 0 Å². The van der Waals surface area contributed by atoms with Crippen molar-refractivity contribution < 1.29 is 0 Å². The second-order valence-electron chi connectivity index (χ2n) is 10.2. The van der Waals surface area contributed by atoms with E-state index in [9.17, 15) is 0 Å². The van der Waals surface area contributed by atoms with Crippen LogP contribution in [0.4, 0.5) is 0 Å². The molecule has 0 aliphatic heterocycles. The molecule has 4 unspecified atom stereocenters. The van der Waals surface area contributed by atoms with Crippen LogP contribution in [-0.2, 0) is 0 Å². The predicted octanol–water partition coefficient (Wildman–Crippen LogP) is 8.40. The Morgan fingerprint density at radius 3 is 2.04 bits per heavy atom. The van der Waals surface area contributed by atoms with E-state index in [4.69, 9.17) is 0 Å². The first-order valence-electron chi connectivity index (χ1n) is 11.5. The van der Waals surface area contributed by atoms with Gasteiger partial charge in [0.05, 0.1) is 0 Å². The number of rotatable bonds is 12. The van der Waals surface area contributed by atoms with Crippen molar-refractivity contribution >= 4 is 0 Å². The molecule has 0 bridgehead atoms. The van der Waals surface area contributed by atoms with Crippen molar-refractivity contribution in [1.82, 2.24) is 0 Å². The van der Waals surface area contributed by atoms with Gasteiger partial charge in [-0.15, -0.1) is 0 Å². The molecule has 0 heterocycles. The molecule has 24 heavy (non-hydrogen) atoms. The van der Waals surface area contributed by atoms with E-state index in [0.717, 1.165) is 17.8 Å². The van der Waals surface area contributed by atoms with Gasteiger partial charge in [0.1, 0.15) is 0 Å². The summed E-state index contributed by atoms with van der Waals surface area (Å²) in [6.07, 6.45) is 20.6. The van der Waals surface area contributed by atoms with Crippen molar-refractivity contribution in [3.63, 3.8) is 0 Å². The van der Waals surface area contributed by atoms with Crippen LogP contribution in [0.25, 0.3) is 0 Å². The Morgan fingerprint density at radius 2 is 1.46 bits per heavy atom. The Balaban J connectivity index is 2.09. The van der Waals surface area contributed by atoms with Crippen LogP contribution in [0.3, 0.4) is 0 Å². The molecule has 0 amide bonds. The van der Waals surface area contributed by atoms with Crippen LogP contribution >= 0.6 is 0 Å². The summed E-state index contributed by atoms with van der Waals surface area (Å²) in [7, 11) is 0. The van der Waals surface area contributed by atoms with E-state index >= 15 is 0 Å². The van der Waals surface area contributed by atoms with Crippen LogP contribution in [0.15, 0.2) is 0 Å². The lowest BCUT2D eigenvalue weighted by molar-refractivity contribution is 0.0445. The minimum atomic E-state index is 0.596. The van der Waals surface area contributed by atoms with Gasteiger partial charge in [-0.1, -0.05) is 86.0 Å². The molecular formula is C24H46. The van der Waals surface area contributed by atoms with Gasteiger partial charge in [-0.2, -0.15) is 0 Å². The normalized spacial score (nSPS) is 29.4. The van der Waals surface area contributed by atoms with Gasteiger partial charge in [0.25, 0.3) is 0 Å². The first-order chi connectivity index (χ1) is 11.5. The highest BCUT2D eigenvalue weighted by Gasteiger charge is 2.44. The van der Waals surface area contributed by atoms with E-state index in [0.29, 0.717) is 10.8 Å². The van der Waals surface area contributed by atoms with Gasteiger partial charge in [-0.05, 0) is 67.1 Å². The first-order valence-corrected chi connectivity index (χ1v) is 11.5. The fourth-order valence-electron chi connectivity index (χ4n) is 6.49. The Morgan fingerprint density at radius 1 is 0.750 bits per heavy atom. The molecule has 4 atom stereocenters. The fourth-order valence-corrected chi connectivity index (χ4v) is 6.49. The predicted molar refractivity (Wildman–Crippen MR) is 108 cm³/mol. The molecule has 0 heteroatoms. The third-order valence-corrected chi connectivity index (χ3v) is 7.57. The first kappa shape index (κ1) is 20.3. The molecule has 2 aliphatic rings. The Hall–Kier alpha value is 0. The van der Waals surface area contributed by atoms with Crippen LogP contribution in [0.1, 0.15) is 125 Å². The molecule has 2 saturated carbocycles. The zero-order chi connectivity index (χ0) is 17.6. The maximum absolute atomic E-state index is 2.69. The maximum Gasteiger partial charge on any atom is -0.0290 e. The average Bonchev–Trinajstić information content (AvgIpc) is 3.23. The third kappa shape index (κ3) is 5.50. The van der Waals surface area contributed by atoms with Crippen LogP contribution in [-0.4, -0.2) is 0 Å². The van der Waals surface area contributed by atoms with Crippen LogP contribution < -0.4 is 0 Å². The van der Waals surface area contributed by atoms with Gasteiger partial charge in [-0.25, -0.2) is 0 Å². The molecule has 142 valence electrons. The summed E-state index contributed by atoms with van der Waals surface area (Å²) in [6.45, 7) is 12.6. The van der Waals surface area contributed by atoms with E-state index in [1.807, 2.05) is 0 Å². The van der Waals surface area contributed by atoms with Crippen molar-refractivity contribution in [2.45, 2.75) is 125 Å². The molecular weight excluding hydrogens is 288 g/mol. The Labute approximate surface area is 153 Å². The highest BCUT2D eigenvalue weighted by molar-refractivity contribution is 4.95. The molecule has 2 fully saturated rings. The summed E-state index contributed by atoms with van der Waals surface area (Å²) in [6, 6.07) is 0. The van der Waals surface area contributed by atoms with E-state index in [2.05, 4.69) is 34.6 Å². The van der Waals surface area contributed by atoms with Crippen LogP contribution in [0.5, 0.6) is 0 Å². The standard InChI is InChI=1S/C24H46/c1-6-10-21-11-9-12-22(21)24(5,17-8-3)19-23(4,16-7-2)18-15-20-13-14-20/h20-22H,6-19H2,1-5H3. The van der Waals surface area contributed by atoms with E-state index in [-0.39, 0.29) is 0 Å². The second kappa shape index (κ2) is 9.09. The summed E-state index contributed by atoms with van der Waals surface area (Å²) < 4.78 is 0. The van der Waals surface area contributed by atoms with Gasteiger partial charge >= 0.3 is 0 Å². The minimum absolute atomic E-state index is 0.596. The Kier molecular flexibility index (Phi) is 7.69. The molecule has 0 nitrogen and oxygen atoms in total. The summed E-state index contributed by atoms with van der Waals surface area (Å²) in [4.78, 5) is 0. The van der Waals surface area contributed by atoms with Crippen LogP contribution in [0.2, 0.25) is 0 Å². The smallest absolute Gasteiger partial charge is 0.0290 e. The quantitative estimate of drug-likeness (QED) is 0.336. The highest BCUT2D eigenvalue weighted by Crippen LogP contribution is 2.55. The molecule has 0 radical (unpaired) electrons. The lowest BCUT2D eigenvalue weighted by Crippen LogP contribution is -2.36. The summed E-state index contributed by atoms with van der Waals surface area (Å²) in [5, 5.41) is 0. The van der Waals surface area contributed by atoms with E-state index in [1.54, 1.807) is 0 Å².